The van der Waals surface area contributed by atoms with Crippen molar-refractivity contribution in [2.45, 2.75) is 18.8 Å². The molecule has 1 aliphatic heterocycles. The van der Waals surface area contributed by atoms with Crippen LogP contribution in [0.4, 0.5) is 19.1 Å². The van der Waals surface area contributed by atoms with Gasteiger partial charge in [0.2, 0.25) is 5.95 Å². The normalized spacial score (nSPS) is 21.8. The zero-order valence-electron chi connectivity index (χ0n) is 17.7. The summed E-state index contributed by atoms with van der Waals surface area (Å²) in [6, 6.07) is 2.52. The van der Waals surface area contributed by atoms with Crippen molar-refractivity contribution >= 4 is 22.8 Å². The summed E-state index contributed by atoms with van der Waals surface area (Å²) >= 11 is 0. The minimum atomic E-state index is -4.53. The molecule has 5 rings (SSSR count). The average Bonchev–Trinajstić information content (AvgIpc) is 3.13. The second-order valence-electron chi connectivity index (χ2n) is 8.43. The van der Waals surface area contributed by atoms with Gasteiger partial charge in [-0.15, -0.1) is 6.58 Å². The fourth-order valence-electron chi connectivity index (χ4n) is 4.86. The van der Waals surface area contributed by atoms with E-state index >= 15 is 0 Å². The number of halogens is 3. The Morgan fingerprint density at radius 1 is 1.33 bits per heavy atom. The van der Waals surface area contributed by atoms with E-state index in [4.69, 9.17) is 0 Å². The van der Waals surface area contributed by atoms with E-state index in [1.807, 2.05) is 0 Å². The number of pyridine rings is 1. The molecule has 8 nitrogen and oxygen atoms in total. The number of hydrogen-bond acceptors (Lipinski definition) is 5. The summed E-state index contributed by atoms with van der Waals surface area (Å²) < 4.78 is 40.3. The number of carbonyl (C=O) groups excluding carboxylic acids is 1. The lowest BCUT2D eigenvalue weighted by Crippen LogP contribution is -2.37. The predicted octanol–water partition coefficient (Wildman–Crippen LogP) is 2.53. The van der Waals surface area contributed by atoms with Crippen molar-refractivity contribution in [1.29, 1.82) is 0 Å². The van der Waals surface area contributed by atoms with Crippen LogP contribution in [0.2, 0.25) is 0 Å². The van der Waals surface area contributed by atoms with Crippen molar-refractivity contribution in [2.75, 3.05) is 25.0 Å². The van der Waals surface area contributed by atoms with Crippen molar-refractivity contribution in [3.05, 3.63) is 65.0 Å². The molecule has 0 bridgehead atoms. The second kappa shape index (κ2) is 7.46. The van der Waals surface area contributed by atoms with Crippen LogP contribution in [0.15, 0.2) is 48.2 Å². The summed E-state index contributed by atoms with van der Waals surface area (Å²) in [6.45, 7) is 4.89. The summed E-state index contributed by atoms with van der Waals surface area (Å²) in [5, 5.41) is 0.557. The third-order valence-electron chi connectivity index (χ3n) is 6.49. The number of amides is 1. The molecule has 3 atom stereocenters. The molecular weight excluding hydrogens is 437 g/mol. The second-order valence-corrected chi connectivity index (χ2v) is 8.43. The summed E-state index contributed by atoms with van der Waals surface area (Å²) in [5.74, 6) is 0.0877. The van der Waals surface area contributed by atoms with Gasteiger partial charge in [0.1, 0.15) is 11.2 Å². The molecule has 172 valence electrons. The smallest absolute Gasteiger partial charge is 0.357 e. The molecule has 2 fully saturated rings. The maximum absolute atomic E-state index is 13.4. The van der Waals surface area contributed by atoms with Crippen LogP contribution in [0.25, 0.3) is 10.9 Å². The highest BCUT2D eigenvalue weighted by Gasteiger charge is 2.59. The van der Waals surface area contributed by atoms with Crippen LogP contribution in [-0.2, 0) is 12.7 Å². The first-order chi connectivity index (χ1) is 15.7. The lowest BCUT2D eigenvalue weighted by molar-refractivity contribution is -0.141. The topological polar surface area (TPSA) is 87.1 Å². The molecule has 1 aliphatic carbocycles. The molecule has 2 aliphatic rings. The molecule has 33 heavy (non-hydrogen) atoms. The van der Waals surface area contributed by atoms with Gasteiger partial charge in [0.25, 0.3) is 11.5 Å². The van der Waals surface area contributed by atoms with Crippen molar-refractivity contribution in [3.8, 4) is 0 Å². The zero-order valence-corrected chi connectivity index (χ0v) is 17.7. The fraction of sp³-hybridized carbons (Fsp3) is 0.364. The molecule has 4 heterocycles. The Labute approximate surface area is 186 Å². The van der Waals surface area contributed by atoms with Crippen molar-refractivity contribution in [1.82, 2.24) is 24.4 Å². The first kappa shape index (κ1) is 21.2. The van der Waals surface area contributed by atoms with Crippen LogP contribution >= 0.6 is 0 Å². The highest BCUT2D eigenvalue weighted by Crippen LogP contribution is 2.49. The number of aromatic amines is 1. The molecular formula is C22H21F3N6O2. The van der Waals surface area contributed by atoms with E-state index in [1.54, 1.807) is 41.4 Å². The number of nitrogens with one attached hydrogen (secondary N) is 1. The molecule has 3 aromatic rings. The Kier molecular flexibility index (Phi) is 4.80. The maximum Gasteiger partial charge on any atom is 0.433 e. The molecule has 3 aromatic heterocycles. The molecule has 1 saturated heterocycles. The number of piperidine rings is 1. The maximum atomic E-state index is 13.4. The Morgan fingerprint density at radius 2 is 2.06 bits per heavy atom. The largest absolute Gasteiger partial charge is 0.433 e. The number of allylic oxidation sites excluding steroid dienone is 1. The van der Waals surface area contributed by atoms with E-state index in [-0.39, 0.29) is 41.8 Å². The number of alkyl halides is 3. The van der Waals surface area contributed by atoms with E-state index in [0.717, 1.165) is 12.3 Å². The molecule has 1 N–H and O–H groups in total. The Balaban J connectivity index is 1.34. The lowest BCUT2D eigenvalue weighted by atomic mass is 10.1. The summed E-state index contributed by atoms with van der Waals surface area (Å²) in [7, 11) is 1.72. The predicted molar refractivity (Wildman–Crippen MR) is 115 cm³/mol. The van der Waals surface area contributed by atoms with Gasteiger partial charge in [0, 0.05) is 68.5 Å². The summed E-state index contributed by atoms with van der Waals surface area (Å²) in [5.41, 5.74) is -0.422. The van der Waals surface area contributed by atoms with E-state index in [1.165, 1.54) is 4.57 Å². The van der Waals surface area contributed by atoms with Gasteiger partial charge in [-0.05, 0) is 12.1 Å². The number of rotatable bonds is 5. The van der Waals surface area contributed by atoms with Gasteiger partial charge >= 0.3 is 6.18 Å². The monoisotopic (exact) mass is 458 g/mol. The van der Waals surface area contributed by atoms with Gasteiger partial charge in [-0.25, -0.2) is 9.97 Å². The molecule has 1 saturated carbocycles. The summed E-state index contributed by atoms with van der Waals surface area (Å²) in [4.78, 5) is 39.9. The van der Waals surface area contributed by atoms with E-state index in [2.05, 4.69) is 21.5 Å². The van der Waals surface area contributed by atoms with Gasteiger partial charge in [-0.2, -0.15) is 13.2 Å². The van der Waals surface area contributed by atoms with Crippen LogP contribution in [0, 0.1) is 11.8 Å². The third kappa shape index (κ3) is 3.47. The van der Waals surface area contributed by atoms with Crippen molar-refractivity contribution in [2.24, 2.45) is 11.8 Å². The number of aromatic nitrogens is 4. The van der Waals surface area contributed by atoms with E-state index < -0.39 is 11.9 Å². The highest BCUT2D eigenvalue weighted by molar-refractivity contribution is 6.06. The number of H-pyrrole nitrogens is 1. The SMILES string of the molecule is C=CCn1cc(C(=O)N(C)C2[C@H]3CN(c4nccc(C(F)(F)F)n4)C[C@@H]23)c2cc[nH]c2c1=O. The van der Waals surface area contributed by atoms with Gasteiger partial charge in [-0.3, -0.25) is 9.59 Å². The molecule has 11 heteroatoms. The van der Waals surface area contributed by atoms with Crippen LogP contribution in [-0.4, -0.2) is 56.5 Å². The standard InChI is InChI=1S/C22H21F3N6O2/c1-3-8-30-11-15(12-4-6-26-17(12)20(30)33)19(32)29(2)18-13-9-31(10-14(13)18)21-27-7-5-16(28-21)22(23,24)25/h3-7,11,13-14,18,26H,1,8-10H2,2H3/t13-,14+,18?. The molecule has 0 radical (unpaired) electrons. The van der Waals surface area contributed by atoms with Gasteiger partial charge < -0.3 is 19.4 Å². The van der Waals surface area contributed by atoms with E-state index in [0.29, 0.717) is 29.6 Å². The van der Waals surface area contributed by atoms with Gasteiger partial charge in [0.05, 0.1) is 5.56 Å². The van der Waals surface area contributed by atoms with Crippen LogP contribution in [0.1, 0.15) is 16.1 Å². The Bertz CT molecular complexity index is 1300. The minimum absolute atomic E-state index is 0.0340. The minimum Gasteiger partial charge on any atom is -0.357 e. The number of fused-ring (bicyclic) bond motifs is 2. The van der Waals surface area contributed by atoms with Crippen LogP contribution in [0.5, 0.6) is 0 Å². The van der Waals surface area contributed by atoms with Crippen LogP contribution in [0.3, 0.4) is 0 Å². The van der Waals surface area contributed by atoms with Crippen molar-refractivity contribution in [3.63, 3.8) is 0 Å². The van der Waals surface area contributed by atoms with E-state index in [9.17, 15) is 22.8 Å². The van der Waals surface area contributed by atoms with Gasteiger partial charge in [0.15, 0.2) is 0 Å². The van der Waals surface area contributed by atoms with Crippen LogP contribution < -0.4 is 10.5 Å². The zero-order chi connectivity index (χ0) is 23.5. The molecule has 1 unspecified atom stereocenters. The molecule has 0 spiro atoms. The Hall–Kier alpha value is -3.63. The first-order valence-electron chi connectivity index (χ1n) is 10.4. The van der Waals surface area contributed by atoms with Gasteiger partial charge in [-0.1, -0.05) is 6.08 Å². The fourth-order valence-corrected chi connectivity index (χ4v) is 4.86. The summed E-state index contributed by atoms with van der Waals surface area (Å²) in [6.07, 6.45) is 1.35. The quantitative estimate of drug-likeness (QED) is 0.594. The third-order valence-corrected chi connectivity index (χ3v) is 6.49. The number of hydrogen-bond donors (Lipinski definition) is 1. The average molecular weight is 458 g/mol. The Morgan fingerprint density at radius 3 is 2.73 bits per heavy atom. The number of carbonyl (C=O) groups is 1. The molecule has 0 aromatic carbocycles. The number of anilines is 1. The lowest BCUT2D eigenvalue weighted by Gasteiger charge is -2.25. The van der Waals surface area contributed by atoms with Crippen molar-refractivity contribution < 1.29 is 18.0 Å². The molecule has 1 amide bonds. The first-order valence-corrected chi connectivity index (χ1v) is 10.4. The highest BCUT2D eigenvalue weighted by atomic mass is 19.4. The number of nitrogens with zero attached hydrogens (tertiary/aromatic N) is 5.